The number of hydrogen-bond acceptors (Lipinski definition) is 4. The summed E-state index contributed by atoms with van der Waals surface area (Å²) < 4.78 is 25.0. The summed E-state index contributed by atoms with van der Waals surface area (Å²) >= 11 is 0. The van der Waals surface area contributed by atoms with Crippen molar-refractivity contribution in [3.05, 3.63) is 29.3 Å². The van der Waals surface area contributed by atoms with Crippen LogP contribution >= 0.6 is 0 Å². The number of carbonyl (C=O) groups is 2. The van der Waals surface area contributed by atoms with Crippen molar-refractivity contribution in [1.82, 2.24) is 4.90 Å². The lowest BCUT2D eigenvalue weighted by atomic mass is 9.75. The molecule has 2 aliphatic rings. The summed E-state index contributed by atoms with van der Waals surface area (Å²) in [6, 6.07) is 5.01. The van der Waals surface area contributed by atoms with Crippen LogP contribution < -0.4 is 4.72 Å². The van der Waals surface area contributed by atoms with Gasteiger partial charge in [0.25, 0.3) is 0 Å². The lowest BCUT2D eigenvalue weighted by Gasteiger charge is -2.36. The van der Waals surface area contributed by atoms with Gasteiger partial charge in [0.15, 0.2) is 5.78 Å². The van der Waals surface area contributed by atoms with Crippen LogP contribution in [-0.4, -0.2) is 49.6 Å². The second-order valence-electron chi connectivity index (χ2n) is 6.30. The number of sulfonamides is 1. The van der Waals surface area contributed by atoms with E-state index in [1.165, 1.54) is 4.90 Å². The molecule has 0 unspecified atom stereocenters. The molecule has 3 rings (SSSR count). The monoisotopic (exact) mass is 338 g/mol. The van der Waals surface area contributed by atoms with Gasteiger partial charge in [-0.1, -0.05) is 6.07 Å². The van der Waals surface area contributed by atoms with Crippen LogP contribution in [0.1, 0.15) is 28.8 Å². The van der Waals surface area contributed by atoms with Crippen molar-refractivity contribution in [1.29, 1.82) is 0 Å². The number of benzene rings is 1. The third-order valence-corrected chi connectivity index (χ3v) is 5.27. The van der Waals surface area contributed by atoms with Crippen molar-refractivity contribution in [2.75, 3.05) is 24.1 Å². The molecule has 0 bridgehead atoms. The highest BCUT2D eigenvalue weighted by Gasteiger charge is 2.47. The quantitative estimate of drug-likeness (QED) is 0.851. The van der Waals surface area contributed by atoms with E-state index in [2.05, 4.69) is 4.72 Å². The summed E-state index contributed by atoms with van der Waals surface area (Å²) in [5, 5.41) is 9.03. The predicted molar refractivity (Wildman–Crippen MR) is 84.2 cm³/mol. The average molecular weight is 338 g/mol. The molecule has 1 aromatic carbocycles. The van der Waals surface area contributed by atoms with Crippen LogP contribution in [-0.2, 0) is 16.4 Å². The van der Waals surface area contributed by atoms with E-state index in [-0.39, 0.29) is 5.78 Å². The Morgan fingerprint density at radius 2 is 1.96 bits per heavy atom. The molecule has 1 aromatic rings. The third-order valence-electron chi connectivity index (χ3n) is 4.66. The van der Waals surface area contributed by atoms with E-state index < -0.39 is 21.5 Å². The van der Waals surface area contributed by atoms with E-state index in [0.29, 0.717) is 43.6 Å². The topological polar surface area (TPSA) is 104 Å². The van der Waals surface area contributed by atoms with E-state index in [0.717, 1.165) is 11.8 Å². The van der Waals surface area contributed by atoms with Gasteiger partial charge in [-0.3, -0.25) is 9.52 Å². The maximum absolute atomic E-state index is 12.8. The number of hydrogen-bond donors (Lipinski definition) is 2. The van der Waals surface area contributed by atoms with Crippen molar-refractivity contribution in [2.45, 2.75) is 19.3 Å². The molecule has 1 aliphatic carbocycles. The summed E-state index contributed by atoms with van der Waals surface area (Å²) in [5.74, 6) is -0.00492. The van der Waals surface area contributed by atoms with Crippen LogP contribution in [0.2, 0.25) is 0 Å². The summed E-state index contributed by atoms with van der Waals surface area (Å²) in [4.78, 5) is 25.2. The predicted octanol–water partition coefficient (Wildman–Crippen LogP) is 1.56. The van der Waals surface area contributed by atoms with Gasteiger partial charge in [0.2, 0.25) is 10.0 Å². The van der Waals surface area contributed by atoms with Crippen LogP contribution in [0.5, 0.6) is 0 Å². The van der Waals surface area contributed by atoms with E-state index in [1.54, 1.807) is 18.2 Å². The van der Waals surface area contributed by atoms with Crippen molar-refractivity contribution in [3.63, 3.8) is 0 Å². The van der Waals surface area contributed by atoms with Gasteiger partial charge in [0.05, 0.1) is 6.26 Å². The lowest BCUT2D eigenvalue weighted by molar-refractivity contribution is 0.0621. The zero-order valence-corrected chi connectivity index (χ0v) is 13.5. The Hall–Kier alpha value is -2.09. The van der Waals surface area contributed by atoms with Gasteiger partial charge in [0.1, 0.15) is 0 Å². The van der Waals surface area contributed by atoms with Gasteiger partial charge in [-0.05, 0) is 37.0 Å². The molecule has 0 atom stereocenters. The molecule has 1 fully saturated rings. The number of likely N-dealkylation sites (tertiary alicyclic amines) is 1. The number of nitrogens with one attached hydrogen (secondary N) is 1. The summed E-state index contributed by atoms with van der Waals surface area (Å²) in [7, 11) is -3.40. The fraction of sp³-hybridized carbons (Fsp3) is 0.467. The number of carbonyl (C=O) groups excluding carboxylic acids is 1. The highest BCUT2D eigenvalue weighted by Crippen LogP contribution is 2.45. The second-order valence-corrected chi connectivity index (χ2v) is 8.05. The van der Waals surface area contributed by atoms with Gasteiger partial charge in [-0.2, -0.15) is 0 Å². The van der Waals surface area contributed by atoms with Crippen LogP contribution in [0.4, 0.5) is 10.5 Å². The lowest BCUT2D eigenvalue weighted by Crippen LogP contribution is -2.45. The van der Waals surface area contributed by atoms with Crippen molar-refractivity contribution in [3.8, 4) is 0 Å². The van der Waals surface area contributed by atoms with Crippen molar-refractivity contribution in [2.24, 2.45) is 5.41 Å². The van der Waals surface area contributed by atoms with Crippen LogP contribution in [0.15, 0.2) is 18.2 Å². The first-order valence-electron chi connectivity index (χ1n) is 7.34. The number of amides is 1. The van der Waals surface area contributed by atoms with Gasteiger partial charge in [-0.15, -0.1) is 0 Å². The number of rotatable bonds is 2. The first-order valence-corrected chi connectivity index (χ1v) is 9.23. The van der Waals surface area contributed by atoms with Gasteiger partial charge in [0, 0.05) is 29.8 Å². The minimum atomic E-state index is -3.40. The molecule has 1 amide bonds. The van der Waals surface area contributed by atoms with Crippen LogP contribution in [0.25, 0.3) is 0 Å². The molecule has 0 aromatic heterocycles. The summed E-state index contributed by atoms with van der Waals surface area (Å²) in [6.45, 7) is 0.701. The minimum Gasteiger partial charge on any atom is -0.465 e. The molecule has 23 heavy (non-hydrogen) atoms. The number of fused-ring (bicyclic) bond motifs is 1. The van der Waals surface area contributed by atoms with Gasteiger partial charge >= 0.3 is 6.09 Å². The third kappa shape index (κ3) is 2.90. The Kier molecular flexibility index (Phi) is 3.59. The van der Waals surface area contributed by atoms with Crippen molar-refractivity contribution < 1.29 is 23.1 Å². The number of piperidine rings is 1. The molecule has 2 N–H and O–H groups in total. The normalized spacial score (nSPS) is 19.7. The molecule has 1 saturated heterocycles. The fourth-order valence-corrected chi connectivity index (χ4v) is 4.04. The molecule has 0 saturated carbocycles. The summed E-state index contributed by atoms with van der Waals surface area (Å²) in [5.41, 5.74) is 1.28. The van der Waals surface area contributed by atoms with E-state index in [1.807, 2.05) is 0 Å². The Bertz CT molecular complexity index is 779. The van der Waals surface area contributed by atoms with Crippen LogP contribution in [0, 0.1) is 5.41 Å². The highest BCUT2D eigenvalue weighted by atomic mass is 32.2. The number of nitrogens with zero attached hydrogens (tertiary/aromatic N) is 1. The first kappa shape index (κ1) is 15.8. The zero-order chi connectivity index (χ0) is 16.8. The van der Waals surface area contributed by atoms with Gasteiger partial charge < -0.3 is 10.0 Å². The second kappa shape index (κ2) is 5.23. The molecular weight excluding hydrogens is 320 g/mol. The zero-order valence-electron chi connectivity index (χ0n) is 12.7. The molecule has 7 nitrogen and oxygen atoms in total. The fourth-order valence-electron chi connectivity index (χ4n) is 3.48. The molecule has 8 heteroatoms. The largest absolute Gasteiger partial charge is 0.465 e. The SMILES string of the molecule is CS(=O)(=O)Nc1ccc2c(c1)C(=O)C1(CCN(C(=O)O)CC1)C2. The minimum absolute atomic E-state index is 0.00492. The molecule has 0 radical (unpaired) electrons. The maximum Gasteiger partial charge on any atom is 0.407 e. The Labute approximate surface area is 134 Å². The standard InChI is InChI=1S/C15H18N2O5S/c1-23(21,22)16-11-3-2-10-9-15(13(18)12(10)8-11)4-6-17(7-5-15)14(19)20/h2-3,8,16H,4-7,9H2,1H3,(H,19,20). The highest BCUT2D eigenvalue weighted by molar-refractivity contribution is 7.92. The number of anilines is 1. The Morgan fingerprint density at radius 3 is 2.52 bits per heavy atom. The number of carboxylic acid groups (broad SMARTS) is 1. The molecule has 124 valence electrons. The molecule has 1 aliphatic heterocycles. The first-order chi connectivity index (χ1) is 10.7. The van der Waals surface area contributed by atoms with Gasteiger partial charge in [-0.25, -0.2) is 13.2 Å². The Morgan fingerprint density at radius 1 is 1.30 bits per heavy atom. The van der Waals surface area contributed by atoms with E-state index in [9.17, 15) is 18.0 Å². The smallest absolute Gasteiger partial charge is 0.407 e. The maximum atomic E-state index is 12.8. The van der Waals surface area contributed by atoms with Crippen molar-refractivity contribution >= 4 is 27.6 Å². The van der Waals surface area contributed by atoms with Crippen LogP contribution in [0.3, 0.4) is 0 Å². The Balaban J connectivity index is 1.84. The average Bonchev–Trinajstić information content (AvgIpc) is 2.71. The van der Waals surface area contributed by atoms with E-state index >= 15 is 0 Å². The van der Waals surface area contributed by atoms with E-state index in [4.69, 9.17) is 5.11 Å². The summed E-state index contributed by atoms with van der Waals surface area (Å²) in [6.07, 6.45) is 1.70. The molecule has 1 spiro atoms. The molecule has 1 heterocycles. The number of Topliss-reactive ketones (excluding diaryl/α,β-unsaturated/α-hetero) is 1. The molecular formula is C15H18N2O5S. The number of ketones is 1.